The largest absolute Gasteiger partial charge is 0.258 e. The summed E-state index contributed by atoms with van der Waals surface area (Å²) in [6.07, 6.45) is 1.30. The molecule has 0 atom stereocenters. The highest BCUT2D eigenvalue weighted by atomic mass is 35.5. The van der Waals surface area contributed by atoms with Crippen LogP contribution in [0.2, 0.25) is 5.02 Å². The third-order valence-electron chi connectivity index (χ3n) is 1.13. The minimum absolute atomic E-state index is 0.0216. The van der Waals surface area contributed by atoms with Crippen LogP contribution >= 0.6 is 11.6 Å². The predicted molar refractivity (Wildman–Crippen MR) is 38.5 cm³/mol. The van der Waals surface area contributed by atoms with Gasteiger partial charge in [-0.1, -0.05) is 11.6 Å². The number of nitrogens with zero attached hydrogens (tertiary/aromatic N) is 2. The molecule has 0 aliphatic heterocycles. The van der Waals surface area contributed by atoms with Crippen LogP contribution in [0.4, 0.5) is 4.39 Å². The van der Waals surface area contributed by atoms with Gasteiger partial charge in [-0.25, -0.2) is 4.39 Å². The molecule has 2 nitrogen and oxygen atoms in total. The van der Waals surface area contributed by atoms with Crippen LogP contribution in [-0.4, -0.2) is 4.98 Å². The predicted octanol–water partition coefficient (Wildman–Crippen LogP) is 1.94. The molecule has 1 aromatic heterocycles. The molecular formula is C7H4ClFN2. The van der Waals surface area contributed by atoms with Gasteiger partial charge in [0.2, 0.25) is 0 Å². The quantitative estimate of drug-likeness (QED) is 0.646. The third kappa shape index (κ3) is 1.89. The van der Waals surface area contributed by atoms with Crippen LogP contribution in [-0.2, 0) is 6.42 Å². The Morgan fingerprint density at radius 3 is 3.00 bits per heavy atom. The van der Waals surface area contributed by atoms with Crippen LogP contribution in [0, 0.1) is 17.1 Å². The van der Waals surface area contributed by atoms with Gasteiger partial charge in [-0.2, -0.15) is 5.26 Å². The molecule has 0 saturated carbocycles. The van der Waals surface area contributed by atoms with Gasteiger partial charge in [0.05, 0.1) is 23.2 Å². The van der Waals surface area contributed by atoms with E-state index in [-0.39, 0.29) is 11.4 Å². The number of rotatable bonds is 1. The Bertz CT molecular complexity index is 306. The van der Waals surface area contributed by atoms with Crippen LogP contribution in [0.15, 0.2) is 12.3 Å². The minimum atomic E-state index is -0.535. The van der Waals surface area contributed by atoms with Crippen molar-refractivity contribution in [3.63, 3.8) is 0 Å². The number of nitriles is 1. The highest BCUT2D eigenvalue weighted by Crippen LogP contribution is 2.12. The van der Waals surface area contributed by atoms with Gasteiger partial charge >= 0.3 is 0 Å². The zero-order valence-electron chi connectivity index (χ0n) is 5.51. The first kappa shape index (κ1) is 7.96. The average Bonchev–Trinajstić information content (AvgIpc) is 1.98. The molecule has 0 fully saturated rings. The SMILES string of the molecule is N#CCc1cc(F)c(Cl)cn1. The Labute approximate surface area is 68.2 Å². The first-order valence-electron chi connectivity index (χ1n) is 2.91. The number of pyridine rings is 1. The smallest absolute Gasteiger partial charge is 0.145 e. The van der Waals surface area contributed by atoms with Gasteiger partial charge in [-0.3, -0.25) is 4.98 Å². The lowest BCUT2D eigenvalue weighted by Crippen LogP contribution is -1.89. The molecule has 0 radical (unpaired) electrons. The zero-order valence-corrected chi connectivity index (χ0v) is 6.27. The van der Waals surface area contributed by atoms with E-state index in [1.807, 2.05) is 6.07 Å². The van der Waals surface area contributed by atoms with E-state index in [2.05, 4.69) is 4.98 Å². The zero-order chi connectivity index (χ0) is 8.27. The summed E-state index contributed by atoms with van der Waals surface area (Å²) in [5.74, 6) is -0.535. The van der Waals surface area contributed by atoms with Crippen molar-refractivity contribution >= 4 is 11.6 Å². The van der Waals surface area contributed by atoms with E-state index in [1.54, 1.807) is 0 Å². The molecule has 56 valence electrons. The Morgan fingerprint density at radius 1 is 1.73 bits per heavy atom. The summed E-state index contributed by atoms with van der Waals surface area (Å²) in [7, 11) is 0. The van der Waals surface area contributed by atoms with Crippen molar-refractivity contribution in [2.24, 2.45) is 0 Å². The standard InChI is InChI=1S/C7H4ClFN2/c8-6-4-11-5(1-2-10)3-7(6)9/h3-4H,1H2. The summed E-state index contributed by atoms with van der Waals surface area (Å²) in [5.41, 5.74) is 0.398. The first-order valence-corrected chi connectivity index (χ1v) is 3.28. The monoisotopic (exact) mass is 170 g/mol. The number of halogens is 2. The van der Waals surface area contributed by atoms with Gasteiger partial charge in [-0.05, 0) is 6.07 Å². The van der Waals surface area contributed by atoms with Crippen LogP contribution in [0.5, 0.6) is 0 Å². The van der Waals surface area contributed by atoms with Gasteiger partial charge in [0.25, 0.3) is 0 Å². The minimum Gasteiger partial charge on any atom is -0.258 e. The summed E-state index contributed by atoms with van der Waals surface area (Å²) >= 11 is 5.36. The second-order valence-electron chi connectivity index (χ2n) is 1.92. The molecule has 0 spiro atoms. The van der Waals surface area contributed by atoms with Crippen LogP contribution in [0.3, 0.4) is 0 Å². The maximum Gasteiger partial charge on any atom is 0.145 e. The van der Waals surface area contributed by atoms with Gasteiger partial charge in [-0.15, -0.1) is 0 Å². The fourth-order valence-electron chi connectivity index (χ4n) is 0.631. The van der Waals surface area contributed by atoms with Crippen molar-refractivity contribution in [1.29, 1.82) is 5.26 Å². The molecule has 1 aromatic rings. The van der Waals surface area contributed by atoms with E-state index in [0.717, 1.165) is 6.07 Å². The van der Waals surface area contributed by atoms with Crippen molar-refractivity contribution in [1.82, 2.24) is 4.98 Å². The average molecular weight is 171 g/mol. The van der Waals surface area contributed by atoms with Gasteiger partial charge in [0.15, 0.2) is 0 Å². The molecule has 0 N–H and O–H groups in total. The highest BCUT2D eigenvalue weighted by Gasteiger charge is 2.00. The molecule has 1 heterocycles. The second kappa shape index (κ2) is 3.31. The van der Waals surface area contributed by atoms with Crippen molar-refractivity contribution in [3.05, 3.63) is 28.8 Å². The Hall–Kier alpha value is -1.14. The topological polar surface area (TPSA) is 36.7 Å². The van der Waals surface area contributed by atoms with E-state index >= 15 is 0 Å². The van der Waals surface area contributed by atoms with Crippen molar-refractivity contribution in [2.45, 2.75) is 6.42 Å². The molecule has 0 aromatic carbocycles. The molecule has 0 saturated heterocycles. The lowest BCUT2D eigenvalue weighted by Gasteiger charge is -1.94. The maximum absolute atomic E-state index is 12.6. The second-order valence-corrected chi connectivity index (χ2v) is 2.33. The fourth-order valence-corrected chi connectivity index (χ4v) is 0.735. The van der Waals surface area contributed by atoms with Crippen LogP contribution in [0.1, 0.15) is 5.69 Å². The van der Waals surface area contributed by atoms with E-state index < -0.39 is 5.82 Å². The lowest BCUT2D eigenvalue weighted by atomic mass is 10.3. The molecule has 11 heavy (non-hydrogen) atoms. The number of aromatic nitrogens is 1. The fraction of sp³-hybridized carbons (Fsp3) is 0.143. The number of hydrogen-bond donors (Lipinski definition) is 0. The van der Waals surface area contributed by atoms with Crippen molar-refractivity contribution in [2.75, 3.05) is 0 Å². The summed E-state index contributed by atoms with van der Waals surface area (Å²) in [6.45, 7) is 0. The molecule has 0 bridgehead atoms. The van der Waals surface area contributed by atoms with Crippen LogP contribution < -0.4 is 0 Å². The van der Waals surface area contributed by atoms with Gasteiger partial charge in [0, 0.05) is 6.20 Å². The summed E-state index contributed by atoms with van der Waals surface area (Å²) in [4.78, 5) is 3.73. The van der Waals surface area contributed by atoms with Crippen molar-refractivity contribution < 1.29 is 4.39 Å². The van der Waals surface area contributed by atoms with E-state index in [4.69, 9.17) is 16.9 Å². The van der Waals surface area contributed by atoms with E-state index in [0.29, 0.717) is 5.69 Å². The van der Waals surface area contributed by atoms with Crippen LogP contribution in [0.25, 0.3) is 0 Å². The molecular weight excluding hydrogens is 167 g/mol. The Kier molecular flexibility index (Phi) is 2.40. The maximum atomic E-state index is 12.6. The third-order valence-corrected chi connectivity index (χ3v) is 1.40. The van der Waals surface area contributed by atoms with Gasteiger partial charge in [0.1, 0.15) is 5.82 Å². The first-order chi connectivity index (χ1) is 5.24. The normalized spacial score (nSPS) is 9.18. The molecule has 1 rings (SSSR count). The number of hydrogen-bond acceptors (Lipinski definition) is 2. The summed E-state index contributed by atoms with van der Waals surface area (Å²) in [5, 5.41) is 8.21. The highest BCUT2D eigenvalue weighted by molar-refractivity contribution is 6.30. The Morgan fingerprint density at radius 2 is 2.45 bits per heavy atom. The Balaban J connectivity index is 2.98. The molecule has 0 aliphatic carbocycles. The molecule has 0 unspecified atom stereocenters. The van der Waals surface area contributed by atoms with Gasteiger partial charge < -0.3 is 0 Å². The lowest BCUT2D eigenvalue weighted by molar-refractivity contribution is 0.623. The van der Waals surface area contributed by atoms with E-state index in [9.17, 15) is 4.39 Å². The van der Waals surface area contributed by atoms with Crippen molar-refractivity contribution in [3.8, 4) is 6.07 Å². The molecule has 4 heteroatoms. The molecule has 0 aliphatic rings. The summed E-state index contributed by atoms with van der Waals surface area (Å²) < 4.78 is 12.6. The molecule has 0 amide bonds. The summed E-state index contributed by atoms with van der Waals surface area (Å²) in [6, 6.07) is 3.02. The van der Waals surface area contributed by atoms with E-state index in [1.165, 1.54) is 6.20 Å².